The van der Waals surface area contributed by atoms with Crippen LogP contribution in [-0.4, -0.2) is 52.0 Å². The number of aryl methyl sites for hydroxylation is 2. The zero-order valence-electron chi connectivity index (χ0n) is 19.6. The molecule has 4 heterocycles. The molecule has 5 nitrogen and oxygen atoms in total. The second-order valence-corrected chi connectivity index (χ2v) is 11.1. The van der Waals surface area contributed by atoms with Gasteiger partial charge in [0.05, 0.1) is 11.9 Å². The van der Waals surface area contributed by atoms with Crippen molar-refractivity contribution in [2.45, 2.75) is 70.5 Å². The maximum atomic E-state index is 5.15. The van der Waals surface area contributed by atoms with Gasteiger partial charge in [-0.2, -0.15) is 0 Å². The van der Waals surface area contributed by atoms with Gasteiger partial charge in [0.2, 0.25) is 0 Å². The van der Waals surface area contributed by atoms with E-state index in [0.29, 0.717) is 6.04 Å². The normalized spacial score (nSPS) is 20.4. The molecule has 2 aliphatic heterocycles. The van der Waals surface area contributed by atoms with E-state index in [1.807, 2.05) is 11.3 Å². The van der Waals surface area contributed by atoms with Crippen molar-refractivity contribution in [3.8, 4) is 0 Å². The number of nitrogens with one attached hydrogen (secondary N) is 1. The number of piperidine rings is 2. The van der Waals surface area contributed by atoms with Gasteiger partial charge in [0, 0.05) is 30.6 Å². The van der Waals surface area contributed by atoms with Crippen molar-refractivity contribution >= 4 is 27.4 Å². The predicted octanol–water partition coefficient (Wildman–Crippen LogP) is 5.24. The summed E-state index contributed by atoms with van der Waals surface area (Å²) in [5.74, 6) is 2.13. The molecular formula is C27H35N5S. The van der Waals surface area contributed by atoms with Crippen LogP contribution >= 0.6 is 11.3 Å². The molecule has 1 aromatic carbocycles. The molecule has 0 spiro atoms. The summed E-state index contributed by atoms with van der Waals surface area (Å²) in [6.07, 6.45) is 10.0. The van der Waals surface area contributed by atoms with Crippen LogP contribution < -0.4 is 5.32 Å². The molecule has 0 amide bonds. The summed E-state index contributed by atoms with van der Waals surface area (Å²) in [5, 5.41) is 5.25. The molecule has 0 bridgehead atoms. The van der Waals surface area contributed by atoms with Crippen LogP contribution in [0.5, 0.6) is 0 Å². The molecule has 2 saturated heterocycles. The molecule has 1 N–H and O–H groups in total. The molecule has 33 heavy (non-hydrogen) atoms. The summed E-state index contributed by atoms with van der Waals surface area (Å²) in [6.45, 7) is 6.61. The number of nitrogens with zero attached hydrogens (tertiary/aromatic N) is 4. The fourth-order valence-electron chi connectivity index (χ4n) is 5.80. The number of thiophene rings is 1. The fraction of sp³-hybridized carbons (Fsp3) is 0.556. The van der Waals surface area contributed by atoms with Gasteiger partial charge in [-0.05, 0) is 69.2 Å². The molecule has 0 saturated carbocycles. The molecule has 3 aliphatic rings. The van der Waals surface area contributed by atoms with Crippen LogP contribution in [0.25, 0.3) is 10.2 Å². The van der Waals surface area contributed by atoms with Gasteiger partial charge in [-0.15, -0.1) is 11.3 Å². The van der Waals surface area contributed by atoms with Crippen LogP contribution in [-0.2, 0) is 25.9 Å². The first-order chi connectivity index (χ1) is 16.3. The van der Waals surface area contributed by atoms with Gasteiger partial charge in [0.25, 0.3) is 0 Å². The number of hydrogen-bond acceptors (Lipinski definition) is 6. The largest absolute Gasteiger partial charge is 0.367 e. The van der Waals surface area contributed by atoms with E-state index < -0.39 is 0 Å². The second-order valence-electron chi connectivity index (χ2n) is 10.0. The Kier molecular flexibility index (Phi) is 6.31. The van der Waals surface area contributed by atoms with Crippen LogP contribution in [0.15, 0.2) is 30.3 Å². The molecular weight excluding hydrogens is 426 g/mol. The van der Waals surface area contributed by atoms with Gasteiger partial charge in [-0.25, -0.2) is 9.97 Å². The Bertz CT molecular complexity index is 1080. The Morgan fingerprint density at radius 2 is 1.64 bits per heavy atom. The third kappa shape index (κ3) is 4.79. The quantitative estimate of drug-likeness (QED) is 0.544. The zero-order chi connectivity index (χ0) is 22.0. The number of rotatable bonds is 6. The lowest BCUT2D eigenvalue weighted by molar-refractivity contribution is 0.211. The summed E-state index contributed by atoms with van der Waals surface area (Å²) < 4.78 is 0. The van der Waals surface area contributed by atoms with Crippen molar-refractivity contribution < 1.29 is 0 Å². The van der Waals surface area contributed by atoms with Gasteiger partial charge in [0.1, 0.15) is 16.5 Å². The van der Waals surface area contributed by atoms with Crippen molar-refractivity contribution in [3.63, 3.8) is 0 Å². The van der Waals surface area contributed by atoms with Gasteiger partial charge >= 0.3 is 0 Å². The maximum Gasteiger partial charge on any atom is 0.146 e. The van der Waals surface area contributed by atoms with Gasteiger partial charge in [-0.3, -0.25) is 9.80 Å². The van der Waals surface area contributed by atoms with E-state index in [0.717, 1.165) is 37.8 Å². The van der Waals surface area contributed by atoms with Crippen molar-refractivity contribution in [2.75, 3.05) is 31.5 Å². The molecule has 2 aromatic heterocycles. The smallest absolute Gasteiger partial charge is 0.146 e. The highest BCUT2D eigenvalue weighted by Crippen LogP contribution is 2.40. The van der Waals surface area contributed by atoms with E-state index in [1.54, 1.807) is 4.88 Å². The third-order valence-corrected chi connectivity index (χ3v) is 8.79. The summed E-state index contributed by atoms with van der Waals surface area (Å²) in [5.41, 5.74) is 2.95. The molecule has 1 aliphatic carbocycles. The van der Waals surface area contributed by atoms with Crippen LogP contribution in [0, 0.1) is 0 Å². The van der Waals surface area contributed by atoms with Gasteiger partial charge in [0.15, 0.2) is 0 Å². The average molecular weight is 462 g/mol. The van der Waals surface area contributed by atoms with Crippen LogP contribution in [0.3, 0.4) is 0 Å². The molecule has 6 heteroatoms. The molecule has 6 rings (SSSR count). The SMILES string of the molecule is c1ccc(CN2CCC(Nc3nc(CN4CCCCC4)nc4sc5c(c34)CCC5)CC2)cc1. The summed E-state index contributed by atoms with van der Waals surface area (Å²) in [6, 6.07) is 11.4. The monoisotopic (exact) mass is 461 g/mol. The van der Waals surface area contributed by atoms with E-state index in [-0.39, 0.29) is 0 Å². The highest BCUT2D eigenvalue weighted by atomic mass is 32.1. The van der Waals surface area contributed by atoms with Crippen LogP contribution in [0.4, 0.5) is 5.82 Å². The molecule has 0 unspecified atom stereocenters. The first kappa shape index (κ1) is 21.5. The first-order valence-electron chi connectivity index (χ1n) is 12.9. The summed E-state index contributed by atoms with van der Waals surface area (Å²) in [7, 11) is 0. The highest BCUT2D eigenvalue weighted by molar-refractivity contribution is 7.19. The Labute approximate surface area is 201 Å². The Morgan fingerprint density at radius 3 is 2.45 bits per heavy atom. The van der Waals surface area contributed by atoms with Gasteiger partial charge in [-0.1, -0.05) is 36.8 Å². The lowest BCUT2D eigenvalue weighted by atomic mass is 10.0. The predicted molar refractivity (Wildman–Crippen MR) is 137 cm³/mol. The average Bonchev–Trinajstić information content (AvgIpc) is 3.43. The maximum absolute atomic E-state index is 5.15. The van der Waals surface area contributed by atoms with Gasteiger partial charge < -0.3 is 5.32 Å². The third-order valence-electron chi connectivity index (χ3n) is 7.60. The number of anilines is 1. The van der Waals surface area contributed by atoms with Crippen LogP contribution in [0.1, 0.15) is 60.4 Å². The summed E-state index contributed by atoms with van der Waals surface area (Å²) >= 11 is 1.92. The minimum atomic E-state index is 0.495. The van der Waals surface area contributed by atoms with E-state index in [9.17, 15) is 0 Å². The highest BCUT2D eigenvalue weighted by Gasteiger charge is 2.26. The Hall–Kier alpha value is -2.02. The summed E-state index contributed by atoms with van der Waals surface area (Å²) in [4.78, 5) is 18.1. The second kappa shape index (κ2) is 9.69. The molecule has 174 valence electrons. The number of likely N-dealkylation sites (tertiary alicyclic amines) is 2. The van der Waals surface area contributed by atoms with Crippen molar-refractivity contribution in [1.82, 2.24) is 19.8 Å². The lowest BCUT2D eigenvalue weighted by Gasteiger charge is -2.33. The van der Waals surface area contributed by atoms with Crippen molar-refractivity contribution in [2.24, 2.45) is 0 Å². The zero-order valence-corrected chi connectivity index (χ0v) is 20.4. The standard InChI is InChI=1S/C27H35N5S/c1-3-8-20(9-4-1)18-32-16-12-21(13-17-32)28-26-25-22-10-7-11-23(22)33-27(25)30-24(29-26)19-31-14-5-2-6-15-31/h1,3-4,8-9,21H,2,5-7,10-19H2,(H,28,29,30). The van der Waals surface area contributed by atoms with E-state index in [1.165, 1.54) is 85.8 Å². The van der Waals surface area contributed by atoms with Crippen molar-refractivity contribution in [1.29, 1.82) is 0 Å². The number of hydrogen-bond donors (Lipinski definition) is 1. The topological polar surface area (TPSA) is 44.3 Å². The number of fused-ring (bicyclic) bond motifs is 3. The molecule has 3 aromatic rings. The molecule has 0 radical (unpaired) electrons. The fourth-order valence-corrected chi connectivity index (χ4v) is 7.08. The van der Waals surface area contributed by atoms with Crippen molar-refractivity contribution in [3.05, 3.63) is 52.2 Å². The Morgan fingerprint density at radius 1 is 0.848 bits per heavy atom. The lowest BCUT2D eigenvalue weighted by Crippen LogP contribution is -2.39. The number of aromatic nitrogens is 2. The number of benzene rings is 1. The van der Waals surface area contributed by atoms with E-state index in [4.69, 9.17) is 9.97 Å². The Balaban J connectivity index is 1.19. The minimum absolute atomic E-state index is 0.495. The van der Waals surface area contributed by atoms with E-state index >= 15 is 0 Å². The minimum Gasteiger partial charge on any atom is -0.367 e. The molecule has 2 fully saturated rings. The molecule has 0 atom stereocenters. The van der Waals surface area contributed by atoms with Crippen LogP contribution in [0.2, 0.25) is 0 Å². The first-order valence-corrected chi connectivity index (χ1v) is 13.7. The van der Waals surface area contributed by atoms with E-state index in [2.05, 4.69) is 45.4 Å².